The summed E-state index contributed by atoms with van der Waals surface area (Å²) in [5, 5.41) is 12.6. The Bertz CT molecular complexity index is 983. The van der Waals surface area contributed by atoms with Crippen LogP contribution in [0.15, 0.2) is 53.9 Å². The van der Waals surface area contributed by atoms with E-state index in [4.69, 9.17) is 0 Å². The first-order chi connectivity index (χ1) is 13.3. The summed E-state index contributed by atoms with van der Waals surface area (Å²) in [6, 6.07) is 12.3. The molecule has 1 aliphatic heterocycles. The van der Waals surface area contributed by atoms with Crippen LogP contribution in [-0.2, 0) is 11.2 Å². The summed E-state index contributed by atoms with van der Waals surface area (Å²) in [6.45, 7) is 0. The van der Waals surface area contributed by atoms with Gasteiger partial charge in [-0.25, -0.2) is 0 Å². The number of nitrogens with zero attached hydrogens (tertiary/aromatic N) is 4. The number of anilines is 1. The third-order valence-electron chi connectivity index (χ3n) is 5.01. The molecule has 6 nitrogen and oxygen atoms in total. The summed E-state index contributed by atoms with van der Waals surface area (Å²) in [7, 11) is 0. The molecule has 1 amide bonds. The first kappa shape index (κ1) is 16.5. The first-order valence-electron chi connectivity index (χ1n) is 9.20. The van der Waals surface area contributed by atoms with Crippen LogP contribution >= 0.6 is 11.8 Å². The summed E-state index contributed by atoms with van der Waals surface area (Å²) in [5.74, 6) is 0.903. The number of pyridine rings is 1. The number of aryl methyl sites for hydroxylation is 1. The molecule has 7 heteroatoms. The number of nitrogens with one attached hydrogen (secondary N) is 1. The lowest BCUT2D eigenvalue weighted by molar-refractivity contribution is -0.115. The lowest BCUT2D eigenvalue weighted by Crippen LogP contribution is -2.24. The van der Waals surface area contributed by atoms with E-state index in [1.54, 1.807) is 12.4 Å². The number of amides is 1. The van der Waals surface area contributed by atoms with Gasteiger partial charge >= 0.3 is 0 Å². The molecule has 1 N–H and O–H groups in total. The van der Waals surface area contributed by atoms with Crippen molar-refractivity contribution in [3.8, 4) is 11.4 Å². The molecule has 3 heterocycles. The molecule has 0 saturated heterocycles. The molecule has 0 radical (unpaired) electrons. The van der Waals surface area contributed by atoms with Gasteiger partial charge in [-0.05, 0) is 49.4 Å². The number of carbonyl (C=O) groups excluding carboxylic acids is 1. The molecule has 5 rings (SSSR count). The van der Waals surface area contributed by atoms with Gasteiger partial charge in [0.2, 0.25) is 5.91 Å². The molecule has 27 heavy (non-hydrogen) atoms. The van der Waals surface area contributed by atoms with Crippen LogP contribution in [0.4, 0.5) is 5.69 Å². The van der Waals surface area contributed by atoms with E-state index in [0.717, 1.165) is 47.9 Å². The maximum atomic E-state index is 12.8. The van der Waals surface area contributed by atoms with Gasteiger partial charge in [0.05, 0.1) is 5.25 Å². The number of para-hydroxylation sites is 1. The molecule has 0 bridgehead atoms. The van der Waals surface area contributed by atoms with Crippen molar-refractivity contribution in [1.82, 2.24) is 19.7 Å². The standard InChI is InChI=1S/C20H19N5OS/c26-19-17(8-5-13-3-1-2-4-16(13)22-19)27-20-24-23-18(25(20)15-6-7-15)14-9-11-21-12-10-14/h1-4,9-12,15,17H,5-8H2,(H,22,26)/t17-/m0/s1. The first-order valence-corrected chi connectivity index (χ1v) is 10.1. The van der Waals surface area contributed by atoms with Crippen LogP contribution < -0.4 is 5.32 Å². The Kier molecular flexibility index (Phi) is 4.16. The van der Waals surface area contributed by atoms with Crippen LogP contribution in [0.25, 0.3) is 11.4 Å². The fourth-order valence-corrected chi connectivity index (χ4v) is 4.54. The Morgan fingerprint density at radius 1 is 1.04 bits per heavy atom. The maximum absolute atomic E-state index is 12.8. The van der Waals surface area contributed by atoms with Crippen LogP contribution in [-0.4, -0.2) is 30.9 Å². The highest BCUT2D eigenvalue weighted by Crippen LogP contribution is 2.42. The van der Waals surface area contributed by atoms with E-state index in [1.807, 2.05) is 30.3 Å². The van der Waals surface area contributed by atoms with Crippen molar-refractivity contribution in [2.75, 3.05) is 5.32 Å². The number of aromatic nitrogens is 4. The van der Waals surface area contributed by atoms with Crippen molar-refractivity contribution < 1.29 is 4.79 Å². The van der Waals surface area contributed by atoms with Gasteiger partial charge in [-0.15, -0.1) is 10.2 Å². The zero-order valence-corrected chi connectivity index (χ0v) is 15.5. The Morgan fingerprint density at radius 2 is 1.85 bits per heavy atom. The molecule has 1 atom stereocenters. The molecule has 2 aliphatic rings. The van der Waals surface area contributed by atoms with Crippen LogP contribution in [0.1, 0.15) is 30.9 Å². The Balaban J connectivity index is 1.43. The Hall–Kier alpha value is -2.67. The van der Waals surface area contributed by atoms with Crippen molar-refractivity contribution in [3.05, 3.63) is 54.4 Å². The smallest absolute Gasteiger partial charge is 0.237 e. The molecule has 1 aliphatic carbocycles. The zero-order valence-electron chi connectivity index (χ0n) is 14.7. The van der Waals surface area contributed by atoms with Crippen molar-refractivity contribution in [3.63, 3.8) is 0 Å². The van der Waals surface area contributed by atoms with E-state index in [0.29, 0.717) is 6.04 Å². The van der Waals surface area contributed by atoms with Gasteiger partial charge in [-0.1, -0.05) is 30.0 Å². The number of hydrogen-bond donors (Lipinski definition) is 1. The number of hydrogen-bond acceptors (Lipinski definition) is 5. The van der Waals surface area contributed by atoms with Crippen LogP contribution in [0, 0.1) is 0 Å². The summed E-state index contributed by atoms with van der Waals surface area (Å²) in [4.78, 5) is 16.8. The molecule has 2 aromatic heterocycles. The normalized spacial score (nSPS) is 19.3. The number of benzene rings is 1. The van der Waals surface area contributed by atoms with Crippen molar-refractivity contribution in [1.29, 1.82) is 0 Å². The highest BCUT2D eigenvalue weighted by atomic mass is 32.2. The number of fused-ring (bicyclic) bond motifs is 1. The topological polar surface area (TPSA) is 72.7 Å². The van der Waals surface area contributed by atoms with Crippen LogP contribution in [0.3, 0.4) is 0 Å². The fraction of sp³-hybridized carbons (Fsp3) is 0.300. The van der Waals surface area contributed by atoms with E-state index in [9.17, 15) is 4.79 Å². The third kappa shape index (κ3) is 3.23. The van der Waals surface area contributed by atoms with E-state index >= 15 is 0 Å². The van der Waals surface area contributed by atoms with Gasteiger partial charge in [-0.2, -0.15) is 0 Å². The zero-order chi connectivity index (χ0) is 18.2. The quantitative estimate of drug-likeness (QED) is 0.750. The van der Waals surface area contributed by atoms with E-state index < -0.39 is 0 Å². The molecular formula is C20H19N5OS. The monoisotopic (exact) mass is 377 g/mol. The average Bonchev–Trinajstić information content (AvgIpc) is 3.48. The summed E-state index contributed by atoms with van der Waals surface area (Å²) in [6.07, 6.45) is 7.46. The third-order valence-corrected chi connectivity index (χ3v) is 6.23. The predicted octanol–water partition coefficient (Wildman–Crippen LogP) is 3.72. The average molecular weight is 377 g/mol. The molecule has 0 spiro atoms. The van der Waals surface area contributed by atoms with E-state index in [-0.39, 0.29) is 11.2 Å². The lowest BCUT2D eigenvalue weighted by Gasteiger charge is -2.14. The fourth-order valence-electron chi connectivity index (χ4n) is 3.45. The molecule has 3 aromatic rings. The van der Waals surface area contributed by atoms with E-state index in [1.165, 1.54) is 17.3 Å². The van der Waals surface area contributed by atoms with Gasteiger partial charge in [-0.3, -0.25) is 14.3 Å². The molecule has 136 valence electrons. The van der Waals surface area contributed by atoms with Gasteiger partial charge in [0.15, 0.2) is 11.0 Å². The number of rotatable bonds is 4. The van der Waals surface area contributed by atoms with Crippen molar-refractivity contribution in [2.24, 2.45) is 0 Å². The van der Waals surface area contributed by atoms with Gasteiger partial charge in [0.25, 0.3) is 0 Å². The van der Waals surface area contributed by atoms with Crippen molar-refractivity contribution >= 4 is 23.4 Å². The second-order valence-corrected chi connectivity index (χ2v) is 8.10. The minimum Gasteiger partial charge on any atom is -0.325 e. The maximum Gasteiger partial charge on any atom is 0.237 e. The lowest BCUT2D eigenvalue weighted by atomic mass is 10.1. The molecule has 1 aromatic carbocycles. The number of thioether (sulfide) groups is 1. The highest BCUT2D eigenvalue weighted by Gasteiger charge is 2.33. The number of carbonyl (C=O) groups is 1. The summed E-state index contributed by atoms with van der Waals surface area (Å²) < 4.78 is 2.20. The summed E-state index contributed by atoms with van der Waals surface area (Å²) >= 11 is 1.53. The van der Waals surface area contributed by atoms with Crippen LogP contribution in [0.5, 0.6) is 0 Å². The van der Waals surface area contributed by atoms with Gasteiger partial charge in [0.1, 0.15) is 0 Å². The van der Waals surface area contributed by atoms with Crippen LogP contribution in [0.2, 0.25) is 0 Å². The van der Waals surface area contributed by atoms with E-state index in [2.05, 4.69) is 31.1 Å². The van der Waals surface area contributed by atoms with Crippen molar-refractivity contribution in [2.45, 2.75) is 42.1 Å². The van der Waals surface area contributed by atoms with Gasteiger partial charge < -0.3 is 5.32 Å². The molecule has 1 fully saturated rings. The Labute approximate surface area is 161 Å². The highest BCUT2D eigenvalue weighted by molar-refractivity contribution is 8.00. The second-order valence-electron chi connectivity index (χ2n) is 6.93. The minimum absolute atomic E-state index is 0.0424. The largest absolute Gasteiger partial charge is 0.325 e. The molecule has 1 saturated carbocycles. The second kappa shape index (κ2) is 6.81. The SMILES string of the molecule is O=C1Nc2ccccc2CC[C@@H]1Sc1nnc(-c2ccncc2)n1C1CC1. The summed E-state index contributed by atoms with van der Waals surface area (Å²) in [5.41, 5.74) is 3.12. The molecular weight excluding hydrogens is 358 g/mol. The predicted molar refractivity (Wildman–Crippen MR) is 105 cm³/mol. The Morgan fingerprint density at radius 3 is 2.67 bits per heavy atom. The molecule has 0 unspecified atom stereocenters. The van der Waals surface area contributed by atoms with Gasteiger partial charge in [0, 0.05) is 29.7 Å². The minimum atomic E-state index is -0.176.